The summed E-state index contributed by atoms with van der Waals surface area (Å²) < 4.78 is 25.8. The molecule has 2 aliphatic heterocycles. The molecule has 7 nitrogen and oxygen atoms in total. The van der Waals surface area contributed by atoms with Crippen molar-refractivity contribution in [2.24, 2.45) is 24.8 Å². The highest BCUT2D eigenvalue weighted by molar-refractivity contribution is 7.90. The Bertz CT molecular complexity index is 1610. The summed E-state index contributed by atoms with van der Waals surface area (Å²) in [6, 6.07) is 17.8. The van der Waals surface area contributed by atoms with Crippen molar-refractivity contribution in [2.45, 2.75) is 25.7 Å². The van der Waals surface area contributed by atoms with E-state index in [1.165, 1.54) is 31.6 Å². The van der Waals surface area contributed by atoms with Crippen LogP contribution in [-0.4, -0.2) is 66.8 Å². The van der Waals surface area contributed by atoms with Gasteiger partial charge in [0, 0.05) is 62.8 Å². The fraction of sp³-hybridized carbons (Fsp3) is 0.419. The normalized spacial score (nSPS) is 19.9. The van der Waals surface area contributed by atoms with Crippen LogP contribution in [0.2, 0.25) is 0 Å². The molecule has 6 rings (SSSR count). The molecule has 0 aliphatic carbocycles. The van der Waals surface area contributed by atoms with E-state index in [0.717, 1.165) is 70.2 Å². The standard InChI is InChI=1S/C31H37N5O2S/c1-20(2)15-35-16-24-18-36(19-25(24)17-35)26-10-6-22(7-11-26)28-14-29-30(21(3)32-28)33-31(34(29)4)23-8-12-27(13-9-23)39(5,37)38/h6-14,20,24-25H,15-19H2,1-5H3/t24-,25+. The minimum atomic E-state index is -3.24. The molecule has 8 heteroatoms. The maximum atomic E-state index is 11.9. The number of imidazole rings is 1. The van der Waals surface area contributed by atoms with Gasteiger partial charge in [-0.2, -0.15) is 0 Å². The zero-order chi connectivity index (χ0) is 27.5. The molecule has 2 aromatic carbocycles. The zero-order valence-electron chi connectivity index (χ0n) is 23.4. The fourth-order valence-corrected chi connectivity index (χ4v) is 7.04. The van der Waals surface area contributed by atoms with Gasteiger partial charge in [0.2, 0.25) is 0 Å². The third-order valence-corrected chi connectivity index (χ3v) is 9.43. The summed E-state index contributed by atoms with van der Waals surface area (Å²) in [5.74, 6) is 3.07. The smallest absolute Gasteiger partial charge is 0.175 e. The Morgan fingerprint density at radius 3 is 2.10 bits per heavy atom. The Morgan fingerprint density at radius 2 is 1.51 bits per heavy atom. The van der Waals surface area contributed by atoms with E-state index < -0.39 is 9.84 Å². The molecule has 0 N–H and O–H groups in total. The average molecular weight is 544 g/mol. The fourth-order valence-electron chi connectivity index (χ4n) is 6.40. The van der Waals surface area contributed by atoms with E-state index in [0.29, 0.717) is 4.90 Å². The summed E-state index contributed by atoms with van der Waals surface area (Å²) in [5, 5.41) is 0. The number of rotatable bonds is 6. The summed E-state index contributed by atoms with van der Waals surface area (Å²) >= 11 is 0. The van der Waals surface area contributed by atoms with E-state index in [4.69, 9.17) is 9.97 Å². The van der Waals surface area contributed by atoms with E-state index in [-0.39, 0.29) is 0 Å². The van der Waals surface area contributed by atoms with E-state index >= 15 is 0 Å². The molecule has 4 heterocycles. The summed E-state index contributed by atoms with van der Waals surface area (Å²) in [6.45, 7) is 12.6. The maximum absolute atomic E-state index is 11.9. The number of nitrogens with zero attached hydrogens (tertiary/aromatic N) is 5. The number of likely N-dealkylation sites (tertiary alicyclic amines) is 1. The topological polar surface area (TPSA) is 71.3 Å². The molecular formula is C31H37N5O2S. The van der Waals surface area contributed by atoms with Crippen molar-refractivity contribution in [1.82, 2.24) is 19.4 Å². The van der Waals surface area contributed by atoms with Gasteiger partial charge in [-0.1, -0.05) is 26.0 Å². The molecule has 0 saturated carbocycles. The molecule has 2 atom stereocenters. The van der Waals surface area contributed by atoms with Gasteiger partial charge in [-0.25, -0.2) is 13.4 Å². The second-order valence-electron chi connectivity index (χ2n) is 11.8. The third kappa shape index (κ3) is 4.96. The van der Waals surface area contributed by atoms with Crippen LogP contribution in [0.15, 0.2) is 59.5 Å². The predicted octanol–water partition coefficient (Wildman–Crippen LogP) is 5.04. The van der Waals surface area contributed by atoms with Crippen molar-refractivity contribution in [2.75, 3.05) is 43.9 Å². The van der Waals surface area contributed by atoms with Crippen LogP contribution in [0.3, 0.4) is 0 Å². The number of sulfone groups is 1. The van der Waals surface area contributed by atoms with Gasteiger partial charge in [-0.3, -0.25) is 4.98 Å². The van der Waals surface area contributed by atoms with Crippen LogP contribution in [0.4, 0.5) is 5.69 Å². The molecule has 2 fully saturated rings. The molecule has 2 aliphatic rings. The molecule has 204 valence electrons. The van der Waals surface area contributed by atoms with Gasteiger partial charge in [-0.15, -0.1) is 0 Å². The molecule has 4 aromatic rings. The van der Waals surface area contributed by atoms with Crippen molar-refractivity contribution in [3.8, 4) is 22.6 Å². The summed E-state index contributed by atoms with van der Waals surface area (Å²) in [5.41, 5.74) is 6.91. The number of benzene rings is 2. The number of aromatic nitrogens is 3. The van der Waals surface area contributed by atoms with Gasteiger partial charge in [0.15, 0.2) is 9.84 Å². The first-order valence-corrected chi connectivity index (χ1v) is 15.7. The minimum Gasteiger partial charge on any atom is -0.371 e. The van der Waals surface area contributed by atoms with E-state index in [9.17, 15) is 8.42 Å². The predicted molar refractivity (Wildman–Crippen MR) is 158 cm³/mol. The Balaban J connectivity index is 1.23. The van der Waals surface area contributed by atoms with Gasteiger partial charge in [0.25, 0.3) is 0 Å². The highest BCUT2D eigenvalue weighted by atomic mass is 32.2. The van der Waals surface area contributed by atoms with Crippen LogP contribution in [0.5, 0.6) is 0 Å². The number of pyridine rings is 1. The Morgan fingerprint density at radius 1 is 0.897 bits per heavy atom. The number of aryl methyl sites for hydroxylation is 2. The van der Waals surface area contributed by atoms with Gasteiger partial charge in [-0.05, 0) is 67.1 Å². The van der Waals surface area contributed by atoms with E-state index in [1.54, 1.807) is 12.1 Å². The molecule has 39 heavy (non-hydrogen) atoms. The van der Waals surface area contributed by atoms with Crippen LogP contribution in [0, 0.1) is 24.7 Å². The molecule has 0 radical (unpaired) electrons. The van der Waals surface area contributed by atoms with Crippen molar-refractivity contribution in [1.29, 1.82) is 0 Å². The van der Waals surface area contributed by atoms with Crippen molar-refractivity contribution in [3.63, 3.8) is 0 Å². The lowest BCUT2D eigenvalue weighted by atomic mass is 10.0. The highest BCUT2D eigenvalue weighted by Gasteiger charge is 2.39. The lowest BCUT2D eigenvalue weighted by Gasteiger charge is -2.24. The van der Waals surface area contributed by atoms with Crippen LogP contribution >= 0.6 is 0 Å². The molecular weight excluding hydrogens is 506 g/mol. The molecule has 0 bridgehead atoms. The van der Waals surface area contributed by atoms with Crippen LogP contribution < -0.4 is 4.90 Å². The van der Waals surface area contributed by atoms with Gasteiger partial charge < -0.3 is 14.4 Å². The monoisotopic (exact) mass is 543 g/mol. The molecule has 2 aromatic heterocycles. The zero-order valence-corrected chi connectivity index (χ0v) is 24.2. The van der Waals surface area contributed by atoms with E-state index in [1.807, 2.05) is 26.1 Å². The quantitative estimate of drug-likeness (QED) is 0.339. The lowest BCUT2D eigenvalue weighted by molar-refractivity contribution is 0.280. The Kier molecular flexibility index (Phi) is 6.50. The first kappa shape index (κ1) is 26.0. The number of hydrogen-bond donors (Lipinski definition) is 0. The van der Waals surface area contributed by atoms with Crippen molar-refractivity contribution in [3.05, 3.63) is 60.3 Å². The molecule has 0 amide bonds. The lowest BCUT2D eigenvalue weighted by Crippen LogP contribution is -2.31. The van der Waals surface area contributed by atoms with Crippen LogP contribution in [-0.2, 0) is 16.9 Å². The third-order valence-electron chi connectivity index (χ3n) is 8.30. The van der Waals surface area contributed by atoms with Gasteiger partial charge in [0.05, 0.1) is 21.8 Å². The van der Waals surface area contributed by atoms with Crippen LogP contribution in [0.1, 0.15) is 19.5 Å². The second-order valence-corrected chi connectivity index (χ2v) is 13.9. The summed E-state index contributed by atoms with van der Waals surface area (Å²) in [6.07, 6.45) is 1.22. The Labute approximate surface area is 231 Å². The van der Waals surface area contributed by atoms with Crippen molar-refractivity contribution >= 4 is 26.6 Å². The highest BCUT2D eigenvalue weighted by Crippen LogP contribution is 2.35. The molecule has 0 spiro atoms. The van der Waals surface area contributed by atoms with Crippen LogP contribution in [0.25, 0.3) is 33.7 Å². The first-order valence-electron chi connectivity index (χ1n) is 13.8. The minimum absolute atomic E-state index is 0.304. The number of hydrogen-bond acceptors (Lipinski definition) is 6. The van der Waals surface area contributed by atoms with E-state index in [2.05, 4.69) is 58.5 Å². The molecule has 0 unspecified atom stereocenters. The van der Waals surface area contributed by atoms with Gasteiger partial charge >= 0.3 is 0 Å². The Hall–Kier alpha value is -3.23. The SMILES string of the molecule is Cc1nc(-c2ccc(N3C[C@H]4CN(CC(C)C)C[C@H]4C3)cc2)cc2c1nc(-c1ccc(S(C)(=O)=O)cc1)n2C. The largest absolute Gasteiger partial charge is 0.371 e. The number of anilines is 1. The first-order chi connectivity index (χ1) is 18.6. The average Bonchev–Trinajstić information content (AvgIpc) is 3.55. The van der Waals surface area contributed by atoms with Crippen molar-refractivity contribution < 1.29 is 8.42 Å². The second kappa shape index (κ2) is 9.75. The maximum Gasteiger partial charge on any atom is 0.175 e. The number of fused-ring (bicyclic) bond motifs is 2. The molecule has 2 saturated heterocycles. The summed E-state index contributed by atoms with van der Waals surface area (Å²) in [7, 11) is -1.25. The van der Waals surface area contributed by atoms with Gasteiger partial charge in [0.1, 0.15) is 11.3 Å². The summed E-state index contributed by atoms with van der Waals surface area (Å²) in [4.78, 5) is 15.3.